The van der Waals surface area contributed by atoms with Gasteiger partial charge in [0, 0.05) is 55.0 Å². The van der Waals surface area contributed by atoms with Crippen molar-refractivity contribution in [3.63, 3.8) is 0 Å². The number of hydrogen-bond donors (Lipinski definition) is 0. The van der Waals surface area contributed by atoms with Crippen molar-refractivity contribution in [2.45, 2.75) is 12.8 Å². The number of carbonyl (C=O) groups is 1. The average molecular weight is 419 g/mol. The number of benzene rings is 2. The summed E-state index contributed by atoms with van der Waals surface area (Å²) in [4.78, 5) is 36.2. The summed E-state index contributed by atoms with van der Waals surface area (Å²) in [7, 11) is 0. The zero-order chi connectivity index (χ0) is 22.0. The second-order valence-corrected chi connectivity index (χ2v) is 7.98. The lowest BCUT2D eigenvalue weighted by molar-refractivity contribution is -0.385. The summed E-state index contributed by atoms with van der Waals surface area (Å²) in [5.41, 5.74) is 2.74. The second kappa shape index (κ2) is 8.61. The van der Waals surface area contributed by atoms with Crippen LogP contribution in [0.1, 0.15) is 24.0 Å². The van der Waals surface area contributed by atoms with Gasteiger partial charge < -0.3 is 0 Å². The van der Waals surface area contributed by atoms with Crippen molar-refractivity contribution in [2.75, 3.05) is 19.6 Å². The van der Waals surface area contributed by atoms with E-state index in [2.05, 4.69) is 4.90 Å². The van der Waals surface area contributed by atoms with Crippen LogP contribution in [0, 0.1) is 26.1 Å². The number of carbonyl (C=O) groups excluding carboxylic acids is 1. The summed E-state index contributed by atoms with van der Waals surface area (Å²) in [6, 6.07) is 12.3. The van der Waals surface area contributed by atoms with Crippen LogP contribution >= 0.6 is 0 Å². The third-order valence-corrected chi connectivity index (χ3v) is 5.47. The Hall–Kier alpha value is -3.65. The minimum atomic E-state index is -0.453. The molecule has 0 atom stereocenters. The van der Waals surface area contributed by atoms with Crippen molar-refractivity contribution in [3.05, 3.63) is 91.0 Å². The number of likely N-dealkylation sites (tertiary alicyclic amines) is 1. The SMILES string of the molecule is O=C1C(=Cc2ccc([N+](=O)[O-])cc2)CN(CC2CC2)CC1=Cc1ccc([N+](=O)[O-])cc1. The highest BCUT2D eigenvalue weighted by atomic mass is 16.6. The number of hydrogen-bond acceptors (Lipinski definition) is 6. The average Bonchev–Trinajstić information content (AvgIpc) is 3.56. The molecule has 1 heterocycles. The second-order valence-electron chi connectivity index (χ2n) is 7.98. The maximum Gasteiger partial charge on any atom is 0.269 e. The van der Waals surface area contributed by atoms with E-state index < -0.39 is 9.85 Å². The number of ketones is 1. The molecule has 4 rings (SSSR count). The van der Waals surface area contributed by atoms with Crippen molar-refractivity contribution >= 4 is 29.3 Å². The van der Waals surface area contributed by atoms with Gasteiger partial charge in [-0.15, -0.1) is 0 Å². The largest absolute Gasteiger partial charge is 0.294 e. The Morgan fingerprint density at radius 1 is 0.806 bits per heavy atom. The van der Waals surface area contributed by atoms with Gasteiger partial charge in [0.25, 0.3) is 11.4 Å². The summed E-state index contributed by atoms with van der Waals surface area (Å²) in [5, 5.41) is 21.7. The molecule has 1 aliphatic carbocycles. The summed E-state index contributed by atoms with van der Waals surface area (Å²) < 4.78 is 0. The van der Waals surface area contributed by atoms with Crippen molar-refractivity contribution in [3.8, 4) is 0 Å². The molecule has 2 aliphatic rings. The first-order valence-corrected chi connectivity index (χ1v) is 10.1. The lowest BCUT2D eigenvalue weighted by Gasteiger charge is -2.29. The van der Waals surface area contributed by atoms with Gasteiger partial charge in [0.2, 0.25) is 0 Å². The molecule has 0 unspecified atom stereocenters. The Morgan fingerprint density at radius 2 is 1.23 bits per heavy atom. The number of rotatable bonds is 6. The Bertz CT molecular complexity index is 1000. The van der Waals surface area contributed by atoms with Crippen LogP contribution in [0.15, 0.2) is 59.7 Å². The normalized spacial score (nSPS) is 19.7. The molecule has 2 fully saturated rings. The lowest BCUT2D eigenvalue weighted by Crippen LogP contribution is -2.38. The molecule has 0 spiro atoms. The monoisotopic (exact) mass is 419 g/mol. The molecule has 8 heteroatoms. The van der Waals surface area contributed by atoms with Crippen LogP contribution in [0.3, 0.4) is 0 Å². The Balaban J connectivity index is 1.62. The van der Waals surface area contributed by atoms with E-state index in [9.17, 15) is 25.0 Å². The maximum absolute atomic E-state index is 13.2. The minimum absolute atomic E-state index is 0.00577. The Kier molecular flexibility index (Phi) is 5.73. The summed E-state index contributed by atoms with van der Waals surface area (Å²) in [6.45, 7) is 1.98. The molecule has 0 radical (unpaired) electrons. The minimum Gasteiger partial charge on any atom is -0.294 e. The van der Waals surface area contributed by atoms with Crippen LogP contribution in [0.2, 0.25) is 0 Å². The first kappa shape index (κ1) is 20.6. The predicted molar refractivity (Wildman–Crippen MR) is 116 cm³/mol. The van der Waals surface area contributed by atoms with Gasteiger partial charge in [0.05, 0.1) is 9.85 Å². The molecule has 2 aromatic rings. The van der Waals surface area contributed by atoms with Crippen LogP contribution in [0.4, 0.5) is 11.4 Å². The molecular formula is C23H21N3O5. The predicted octanol–water partition coefficient (Wildman–Crippen LogP) is 4.26. The van der Waals surface area contributed by atoms with Crippen LogP contribution in [-0.2, 0) is 4.79 Å². The molecule has 158 valence electrons. The van der Waals surface area contributed by atoms with E-state index in [0.29, 0.717) is 30.2 Å². The Labute approximate surface area is 178 Å². The van der Waals surface area contributed by atoms with Gasteiger partial charge >= 0.3 is 0 Å². The highest BCUT2D eigenvalue weighted by Gasteiger charge is 2.30. The van der Waals surface area contributed by atoms with E-state index in [1.165, 1.54) is 37.1 Å². The van der Waals surface area contributed by atoms with Crippen molar-refractivity contribution in [2.24, 2.45) is 5.92 Å². The van der Waals surface area contributed by atoms with E-state index in [-0.39, 0.29) is 17.2 Å². The van der Waals surface area contributed by atoms with Crippen LogP contribution in [0.25, 0.3) is 12.2 Å². The molecule has 0 aromatic heterocycles. The molecule has 1 saturated carbocycles. The zero-order valence-electron chi connectivity index (χ0n) is 16.8. The summed E-state index contributed by atoms with van der Waals surface area (Å²) in [6.07, 6.45) is 5.98. The molecule has 0 bridgehead atoms. The molecule has 2 aromatic carbocycles. The van der Waals surface area contributed by atoms with Gasteiger partial charge in [0.1, 0.15) is 0 Å². The van der Waals surface area contributed by atoms with Crippen molar-refractivity contribution < 1.29 is 14.6 Å². The number of non-ortho nitro benzene ring substituents is 2. The summed E-state index contributed by atoms with van der Waals surface area (Å²) >= 11 is 0. The third-order valence-electron chi connectivity index (χ3n) is 5.47. The van der Waals surface area contributed by atoms with E-state index in [1.807, 2.05) is 0 Å². The topological polar surface area (TPSA) is 107 Å². The first-order valence-electron chi connectivity index (χ1n) is 10.1. The highest BCUT2D eigenvalue weighted by Crippen LogP contribution is 2.32. The summed E-state index contributed by atoms with van der Waals surface area (Å²) in [5.74, 6) is 0.596. The fraction of sp³-hybridized carbons (Fsp3) is 0.261. The molecular weight excluding hydrogens is 398 g/mol. The van der Waals surface area contributed by atoms with E-state index in [4.69, 9.17) is 0 Å². The fourth-order valence-electron chi connectivity index (χ4n) is 3.69. The van der Waals surface area contributed by atoms with Crippen LogP contribution in [0.5, 0.6) is 0 Å². The number of nitro groups is 2. The smallest absolute Gasteiger partial charge is 0.269 e. The van der Waals surface area contributed by atoms with Gasteiger partial charge in [-0.3, -0.25) is 29.9 Å². The van der Waals surface area contributed by atoms with E-state index in [0.717, 1.165) is 17.7 Å². The zero-order valence-corrected chi connectivity index (χ0v) is 16.8. The standard InChI is InChI=1S/C23H21N3O5/c27-23-19(11-16-3-7-21(8-4-16)25(28)29)14-24(13-18-1-2-18)15-20(23)12-17-5-9-22(10-6-17)26(30)31/h3-12,18H,1-2,13-15H2. The highest BCUT2D eigenvalue weighted by molar-refractivity contribution is 6.14. The van der Waals surface area contributed by atoms with Crippen LogP contribution in [-0.4, -0.2) is 40.2 Å². The number of nitro benzene ring substituents is 2. The number of piperidine rings is 1. The first-order chi connectivity index (χ1) is 14.9. The maximum atomic E-state index is 13.2. The van der Waals surface area contributed by atoms with Gasteiger partial charge in [-0.1, -0.05) is 0 Å². The van der Waals surface area contributed by atoms with Gasteiger partial charge in [-0.25, -0.2) is 0 Å². The number of nitrogens with zero attached hydrogens (tertiary/aromatic N) is 3. The van der Waals surface area contributed by atoms with E-state index >= 15 is 0 Å². The van der Waals surface area contributed by atoms with Crippen LogP contribution < -0.4 is 0 Å². The third kappa shape index (κ3) is 5.10. The van der Waals surface area contributed by atoms with Crippen molar-refractivity contribution in [1.82, 2.24) is 4.90 Å². The molecule has 0 amide bonds. The van der Waals surface area contributed by atoms with Gasteiger partial charge in [-0.2, -0.15) is 0 Å². The molecule has 0 N–H and O–H groups in total. The van der Waals surface area contributed by atoms with Gasteiger partial charge in [0.15, 0.2) is 5.78 Å². The Morgan fingerprint density at radius 3 is 1.58 bits per heavy atom. The molecule has 1 saturated heterocycles. The fourth-order valence-corrected chi connectivity index (χ4v) is 3.69. The number of Topliss-reactive ketones (excluding diaryl/α,β-unsaturated/α-hetero) is 1. The van der Waals surface area contributed by atoms with Crippen molar-refractivity contribution in [1.29, 1.82) is 0 Å². The molecule has 1 aliphatic heterocycles. The lowest BCUT2D eigenvalue weighted by atomic mass is 9.94. The molecule has 8 nitrogen and oxygen atoms in total. The van der Waals surface area contributed by atoms with Gasteiger partial charge in [-0.05, 0) is 66.3 Å². The van der Waals surface area contributed by atoms with E-state index in [1.54, 1.807) is 36.4 Å². The quantitative estimate of drug-likeness (QED) is 0.393. The molecule has 31 heavy (non-hydrogen) atoms.